The molecule has 1 aromatic rings. The summed E-state index contributed by atoms with van der Waals surface area (Å²) >= 11 is 1.79. The first-order valence-corrected chi connectivity index (χ1v) is 7.93. The predicted molar refractivity (Wildman–Crippen MR) is 78.1 cm³/mol. The minimum atomic E-state index is 0.315. The number of nitrogens with zero attached hydrogens (tertiary/aromatic N) is 2. The van der Waals surface area contributed by atoms with E-state index < -0.39 is 0 Å². The average molecular weight is 267 g/mol. The highest BCUT2D eigenvalue weighted by atomic mass is 32.1. The number of aromatic nitrogens is 1. The maximum absolute atomic E-state index is 4.36. The van der Waals surface area contributed by atoms with Gasteiger partial charge in [0.15, 0.2) is 0 Å². The number of nitrogens with one attached hydrogen (secondary N) is 1. The fourth-order valence-corrected chi connectivity index (χ4v) is 3.58. The quantitative estimate of drug-likeness (QED) is 0.909. The maximum atomic E-state index is 4.36. The first kappa shape index (κ1) is 14.0. The summed E-state index contributed by atoms with van der Waals surface area (Å²) in [4.78, 5) is 8.39. The van der Waals surface area contributed by atoms with E-state index in [4.69, 9.17) is 0 Å². The molecule has 0 saturated carbocycles. The van der Waals surface area contributed by atoms with Crippen LogP contribution in [-0.4, -0.2) is 35.1 Å². The molecule has 1 fully saturated rings. The minimum absolute atomic E-state index is 0.315. The second-order valence-corrected chi connectivity index (χ2v) is 6.28. The molecule has 0 radical (unpaired) electrons. The maximum Gasteiger partial charge on any atom is 0.0798 e. The van der Waals surface area contributed by atoms with Gasteiger partial charge in [-0.3, -0.25) is 4.90 Å². The summed E-state index contributed by atoms with van der Waals surface area (Å²) in [6, 6.07) is 0. The lowest BCUT2D eigenvalue weighted by atomic mass is 9.92. The Labute approximate surface area is 115 Å². The van der Waals surface area contributed by atoms with E-state index in [0.717, 1.165) is 19.6 Å². The third-order valence-corrected chi connectivity index (χ3v) is 5.16. The number of aryl methyl sites for hydroxylation is 1. The summed E-state index contributed by atoms with van der Waals surface area (Å²) in [5, 5.41) is 3.76. The Morgan fingerprint density at radius 1 is 1.44 bits per heavy atom. The van der Waals surface area contributed by atoms with E-state index in [1.807, 2.05) is 5.51 Å². The molecule has 0 aliphatic carbocycles. The van der Waals surface area contributed by atoms with Gasteiger partial charge in [-0.2, -0.15) is 0 Å². The lowest BCUT2D eigenvalue weighted by Gasteiger charge is -2.35. The molecule has 0 aromatic carbocycles. The van der Waals surface area contributed by atoms with Gasteiger partial charge in [0.25, 0.3) is 0 Å². The van der Waals surface area contributed by atoms with E-state index in [2.05, 4.69) is 36.0 Å². The number of rotatable bonds is 4. The monoisotopic (exact) mass is 267 g/mol. The Balaban J connectivity index is 2.05. The molecule has 0 atom stereocenters. The van der Waals surface area contributed by atoms with Crippen LogP contribution in [0.15, 0.2) is 5.51 Å². The second kappa shape index (κ2) is 6.13. The van der Waals surface area contributed by atoms with E-state index in [0.29, 0.717) is 5.54 Å². The van der Waals surface area contributed by atoms with Crippen molar-refractivity contribution >= 4 is 11.3 Å². The topological polar surface area (TPSA) is 28.2 Å². The van der Waals surface area contributed by atoms with E-state index >= 15 is 0 Å². The van der Waals surface area contributed by atoms with Crippen LogP contribution in [0.5, 0.6) is 0 Å². The summed E-state index contributed by atoms with van der Waals surface area (Å²) < 4.78 is 0. The molecule has 1 N–H and O–H groups in total. The van der Waals surface area contributed by atoms with Gasteiger partial charge in [0.05, 0.1) is 11.2 Å². The molecule has 0 bridgehead atoms. The largest absolute Gasteiger partial charge is 0.310 e. The molecule has 0 amide bonds. The summed E-state index contributed by atoms with van der Waals surface area (Å²) in [6.07, 6.45) is 3.67. The van der Waals surface area contributed by atoms with Crippen molar-refractivity contribution in [3.8, 4) is 0 Å². The van der Waals surface area contributed by atoms with E-state index in [1.54, 1.807) is 11.3 Å². The van der Waals surface area contributed by atoms with Gasteiger partial charge >= 0.3 is 0 Å². The van der Waals surface area contributed by atoms with Crippen molar-refractivity contribution < 1.29 is 0 Å². The molecule has 4 heteroatoms. The van der Waals surface area contributed by atoms with Crippen molar-refractivity contribution in [2.45, 2.75) is 52.1 Å². The van der Waals surface area contributed by atoms with Crippen LogP contribution in [0.4, 0.5) is 0 Å². The highest BCUT2D eigenvalue weighted by molar-refractivity contribution is 7.09. The molecular weight excluding hydrogens is 242 g/mol. The smallest absolute Gasteiger partial charge is 0.0798 e. The fourth-order valence-electron chi connectivity index (χ4n) is 2.76. The van der Waals surface area contributed by atoms with Gasteiger partial charge in [0, 0.05) is 23.5 Å². The van der Waals surface area contributed by atoms with Crippen molar-refractivity contribution in [3.63, 3.8) is 0 Å². The van der Waals surface area contributed by atoms with Gasteiger partial charge in [-0.25, -0.2) is 4.98 Å². The van der Waals surface area contributed by atoms with Crippen LogP contribution < -0.4 is 5.32 Å². The van der Waals surface area contributed by atoms with Crippen LogP contribution >= 0.6 is 11.3 Å². The summed E-state index contributed by atoms with van der Waals surface area (Å²) in [5.74, 6) is 0. The molecule has 1 aliphatic heterocycles. The first-order chi connectivity index (χ1) is 8.69. The minimum Gasteiger partial charge on any atom is -0.310 e. The number of hydrogen-bond acceptors (Lipinski definition) is 4. The van der Waals surface area contributed by atoms with Crippen molar-refractivity contribution in [2.75, 3.05) is 19.6 Å². The highest BCUT2D eigenvalue weighted by Crippen LogP contribution is 2.22. The van der Waals surface area contributed by atoms with Gasteiger partial charge in [0.1, 0.15) is 0 Å². The summed E-state index contributed by atoms with van der Waals surface area (Å²) in [6.45, 7) is 11.3. The summed E-state index contributed by atoms with van der Waals surface area (Å²) in [5.41, 5.74) is 3.48. The Morgan fingerprint density at radius 2 is 2.22 bits per heavy atom. The zero-order valence-electron chi connectivity index (χ0n) is 11.8. The highest BCUT2D eigenvalue weighted by Gasteiger charge is 2.30. The Kier molecular flexibility index (Phi) is 4.76. The van der Waals surface area contributed by atoms with Gasteiger partial charge in [0.2, 0.25) is 0 Å². The van der Waals surface area contributed by atoms with Crippen molar-refractivity contribution in [1.82, 2.24) is 15.2 Å². The molecule has 0 spiro atoms. The van der Waals surface area contributed by atoms with Gasteiger partial charge < -0.3 is 5.32 Å². The molecule has 0 unspecified atom stereocenters. The third kappa shape index (κ3) is 3.11. The molecule has 2 heterocycles. The van der Waals surface area contributed by atoms with Crippen molar-refractivity contribution in [2.24, 2.45) is 0 Å². The molecule has 18 heavy (non-hydrogen) atoms. The molecule has 1 saturated heterocycles. The van der Waals surface area contributed by atoms with Crippen LogP contribution in [0.3, 0.4) is 0 Å². The lowest BCUT2D eigenvalue weighted by molar-refractivity contribution is 0.192. The Morgan fingerprint density at radius 3 is 2.83 bits per heavy atom. The Hall–Kier alpha value is -0.450. The van der Waals surface area contributed by atoms with Crippen LogP contribution in [0.1, 0.15) is 43.7 Å². The van der Waals surface area contributed by atoms with Crippen molar-refractivity contribution in [3.05, 3.63) is 16.1 Å². The molecule has 1 aliphatic rings. The molecule has 3 nitrogen and oxygen atoms in total. The van der Waals surface area contributed by atoms with Crippen LogP contribution in [0, 0.1) is 6.92 Å². The fraction of sp³-hybridized carbons (Fsp3) is 0.786. The van der Waals surface area contributed by atoms with Crippen molar-refractivity contribution in [1.29, 1.82) is 0 Å². The second-order valence-electron chi connectivity index (χ2n) is 5.34. The van der Waals surface area contributed by atoms with Crippen LogP contribution in [0.2, 0.25) is 0 Å². The molecule has 1 aromatic heterocycles. The van der Waals surface area contributed by atoms with Gasteiger partial charge in [-0.05, 0) is 39.3 Å². The predicted octanol–water partition coefficient (Wildman–Crippen LogP) is 2.81. The lowest BCUT2D eigenvalue weighted by Crippen LogP contribution is -2.50. The number of hydrogen-bond donors (Lipinski definition) is 1. The normalized spacial score (nSPS) is 20.8. The van der Waals surface area contributed by atoms with E-state index in [9.17, 15) is 0 Å². The zero-order valence-corrected chi connectivity index (χ0v) is 12.6. The van der Waals surface area contributed by atoms with E-state index in [1.165, 1.54) is 36.4 Å². The SMILES string of the molecule is CCC1(CC)CN(Cc2scnc2C)CCCN1. The molecule has 2 rings (SSSR count). The Bertz CT molecular complexity index is 371. The average Bonchev–Trinajstić information content (AvgIpc) is 2.67. The summed E-state index contributed by atoms with van der Waals surface area (Å²) in [7, 11) is 0. The first-order valence-electron chi connectivity index (χ1n) is 7.05. The molecular formula is C14H25N3S. The number of thiazole rings is 1. The third-order valence-electron chi connectivity index (χ3n) is 4.24. The van der Waals surface area contributed by atoms with Gasteiger partial charge in [-0.15, -0.1) is 11.3 Å². The van der Waals surface area contributed by atoms with Crippen LogP contribution in [-0.2, 0) is 6.54 Å². The standard InChI is InChI=1S/C14H25N3S/c1-4-14(5-2)10-17(8-6-7-16-14)9-13-12(3)15-11-18-13/h11,16H,4-10H2,1-3H3. The van der Waals surface area contributed by atoms with Crippen LogP contribution in [0.25, 0.3) is 0 Å². The zero-order chi connectivity index (χ0) is 13.0. The molecule has 102 valence electrons. The van der Waals surface area contributed by atoms with Gasteiger partial charge in [-0.1, -0.05) is 13.8 Å². The van der Waals surface area contributed by atoms with E-state index in [-0.39, 0.29) is 0 Å².